The monoisotopic (exact) mass is 314 g/mol. The largest absolute Gasteiger partial charge is 0.396 e. The van der Waals surface area contributed by atoms with Crippen LogP contribution in [0.5, 0.6) is 0 Å². The van der Waals surface area contributed by atoms with Crippen molar-refractivity contribution in [2.75, 3.05) is 18.5 Å². The van der Waals surface area contributed by atoms with E-state index in [0.29, 0.717) is 30.0 Å². The molecule has 0 aliphatic heterocycles. The van der Waals surface area contributed by atoms with Crippen LogP contribution in [0.1, 0.15) is 31.7 Å². The third kappa shape index (κ3) is 5.53. The number of aliphatic hydroxyl groups is 2. The van der Waals surface area contributed by atoms with Crippen LogP contribution in [0.15, 0.2) is 18.2 Å². The summed E-state index contributed by atoms with van der Waals surface area (Å²) in [6, 6.07) is 4.95. The zero-order chi connectivity index (χ0) is 15.9. The normalized spacial score (nSPS) is 13.6. The van der Waals surface area contributed by atoms with Crippen LogP contribution in [-0.2, 0) is 0 Å². The summed E-state index contributed by atoms with van der Waals surface area (Å²) in [5.74, 6) is 0. The van der Waals surface area contributed by atoms with Crippen molar-refractivity contribution in [1.29, 1.82) is 0 Å². The van der Waals surface area contributed by atoms with Gasteiger partial charge in [-0.25, -0.2) is 4.79 Å². The predicted molar refractivity (Wildman–Crippen MR) is 84.8 cm³/mol. The summed E-state index contributed by atoms with van der Waals surface area (Å²) in [5.41, 5.74) is 0.422. The molecule has 0 aliphatic carbocycles. The van der Waals surface area contributed by atoms with Gasteiger partial charge in [0.2, 0.25) is 0 Å². The standard InChI is InChI=1S/C15H23ClN2O3/c1-3-15(21,8-5-9-19)10-17-14(20)18-13-11(2)6-4-7-12(13)16/h4,6-7,19,21H,3,5,8-10H2,1-2H3,(H2,17,18,20). The van der Waals surface area contributed by atoms with E-state index in [1.165, 1.54) is 0 Å². The topological polar surface area (TPSA) is 81.6 Å². The van der Waals surface area contributed by atoms with E-state index in [1.807, 2.05) is 26.0 Å². The van der Waals surface area contributed by atoms with Crippen molar-refractivity contribution >= 4 is 23.3 Å². The molecule has 1 atom stereocenters. The molecule has 0 spiro atoms. The van der Waals surface area contributed by atoms with Crippen LogP contribution in [0.25, 0.3) is 0 Å². The zero-order valence-corrected chi connectivity index (χ0v) is 13.2. The lowest BCUT2D eigenvalue weighted by atomic mass is 9.95. The van der Waals surface area contributed by atoms with Gasteiger partial charge in [-0.1, -0.05) is 30.7 Å². The number of benzene rings is 1. The summed E-state index contributed by atoms with van der Waals surface area (Å²) >= 11 is 6.04. The Hall–Kier alpha value is -1.30. The number of hydrogen-bond donors (Lipinski definition) is 4. The summed E-state index contributed by atoms with van der Waals surface area (Å²) < 4.78 is 0. The van der Waals surface area contributed by atoms with E-state index in [-0.39, 0.29) is 13.2 Å². The van der Waals surface area contributed by atoms with Gasteiger partial charge in [-0.3, -0.25) is 0 Å². The molecule has 21 heavy (non-hydrogen) atoms. The lowest BCUT2D eigenvalue weighted by Gasteiger charge is -2.27. The van der Waals surface area contributed by atoms with Crippen molar-refractivity contribution in [3.63, 3.8) is 0 Å². The minimum Gasteiger partial charge on any atom is -0.396 e. The minimum absolute atomic E-state index is 0.0212. The molecule has 1 unspecified atom stereocenters. The second-order valence-corrected chi connectivity index (χ2v) is 5.55. The molecule has 4 N–H and O–H groups in total. The highest BCUT2D eigenvalue weighted by molar-refractivity contribution is 6.33. The number of hydrogen-bond acceptors (Lipinski definition) is 3. The van der Waals surface area contributed by atoms with Gasteiger partial charge in [-0.15, -0.1) is 0 Å². The maximum atomic E-state index is 11.9. The molecular weight excluding hydrogens is 292 g/mol. The highest BCUT2D eigenvalue weighted by atomic mass is 35.5. The number of aryl methyl sites for hydroxylation is 1. The number of urea groups is 1. The van der Waals surface area contributed by atoms with E-state index in [0.717, 1.165) is 5.56 Å². The van der Waals surface area contributed by atoms with E-state index in [9.17, 15) is 9.90 Å². The predicted octanol–water partition coefficient (Wildman–Crippen LogP) is 2.68. The number of nitrogens with one attached hydrogen (secondary N) is 2. The van der Waals surface area contributed by atoms with Gasteiger partial charge < -0.3 is 20.8 Å². The molecule has 5 nitrogen and oxygen atoms in total. The Bertz CT molecular complexity index is 462. The van der Waals surface area contributed by atoms with E-state index >= 15 is 0 Å². The smallest absolute Gasteiger partial charge is 0.319 e. The molecule has 0 aliphatic rings. The first-order chi connectivity index (χ1) is 9.91. The van der Waals surface area contributed by atoms with E-state index in [1.54, 1.807) is 6.07 Å². The van der Waals surface area contributed by atoms with E-state index in [2.05, 4.69) is 10.6 Å². The molecule has 1 rings (SSSR count). The third-order valence-electron chi connectivity index (χ3n) is 3.50. The van der Waals surface area contributed by atoms with Crippen molar-refractivity contribution in [1.82, 2.24) is 5.32 Å². The summed E-state index contributed by atoms with van der Waals surface area (Å²) in [7, 11) is 0. The molecule has 1 aromatic rings. The first-order valence-electron chi connectivity index (χ1n) is 7.05. The lowest BCUT2D eigenvalue weighted by molar-refractivity contribution is 0.0243. The van der Waals surface area contributed by atoms with Crippen molar-refractivity contribution in [2.45, 2.75) is 38.7 Å². The average molecular weight is 315 g/mol. The second-order valence-electron chi connectivity index (χ2n) is 5.14. The quantitative estimate of drug-likeness (QED) is 0.624. The van der Waals surface area contributed by atoms with Crippen molar-refractivity contribution in [3.8, 4) is 0 Å². The molecule has 0 radical (unpaired) electrons. The Labute approximate surface area is 130 Å². The number of rotatable bonds is 7. The van der Waals surface area contributed by atoms with Crippen LogP contribution in [0.4, 0.5) is 10.5 Å². The van der Waals surface area contributed by atoms with Crippen LogP contribution < -0.4 is 10.6 Å². The van der Waals surface area contributed by atoms with Crippen LogP contribution in [0.3, 0.4) is 0 Å². The molecule has 6 heteroatoms. The fourth-order valence-corrected chi connectivity index (χ4v) is 2.26. The highest BCUT2D eigenvalue weighted by Crippen LogP contribution is 2.25. The molecule has 0 saturated carbocycles. The maximum Gasteiger partial charge on any atom is 0.319 e. The molecular formula is C15H23ClN2O3. The fourth-order valence-electron chi connectivity index (χ4n) is 1.99. The first-order valence-corrected chi connectivity index (χ1v) is 7.43. The Kier molecular flexibility index (Phi) is 6.95. The SMILES string of the molecule is CCC(O)(CCCO)CNC(=O)Nc1c(C)cccc1Cl. The van der Waals surface area contributed by atoms with Crippen molar-refractivity contribution < 1.29 is 15.0 Å². The first kappa shape index (κ1) is 17.8. The van der Waals surface area contributed by atoms with Crippen molar-refractivity contribution in [2.24, 2.45) is 0 Å². The molecule has 0 heterocycles. The lowest BCUT2D eigenvalue weighted by Crippen LogP contribution is -2.44. The van der Waals surface area contributed by atoms with Gasteiger partial charge in [0.1, 0.15) is 0 Å². The zero-order valence-electron chi connectivity index (χ0n) is 12.4. The molecule has 118 valence electrons. The van der Waals surface area contributed by atoms with Crippen molar-refractivity contribution in [3.05, 3.63) is 28.8 Å². The van der Waals surface area contributed by atoms with Gasteiger partial charge in [0.25, 0.3) is 0 Å². The number of carbonyl (C=O) groups excluding carboxylic acids is 1. The van der Waals surface area contributed by atoms with E-state index < -0.39 is 11.6 Å². The number of amides is 2. The molecule has 0 aromatic heterocycles. The summed E-state index contributed by atoms with van der Waals surface area (Å²) in [6.07, 6.45) is 1.43. The molecule has 2 amide bonds. The molecule has 0 bridgehead atoms. The summed E-state index contributed by atoms with van der Waals surface area (Å²) in [5, 5.41) is 24.9. The number of para-hydroxylation sites is 1. The van der Waals surface area contributed by atoms with Crippen LogP contribution in [0, 0.1) is 6.92 Å². The molecule has 0 saturated heterocycles. The van der Waals surface area contributed by atoms with Crippen LogP contribution in [-0.4, -0.2) is 35.0 Å². The molecule has 0 fully saturated rings. The minimum atomic E-state index is -1.00. The van der Waals surface area contributed by atoms with Gasteiger partial charge >= 0.3 is 6.03 Å². The third-order valence-corrected chi connectivity index (χ3v) is 3.81. The molecule has 1 aromatic carbocycles. The van der Waals surface area contributed by atoms with Gasteiger partial charge in [0.15, 0.2) is 0 Å². The number of carbonyl (C=O) groups is 1. The number of halogens is 1. The number of aliphatic hydroxyl groups excluding tert-OH is 1. The summed E-state index contributed by atoms with van der Waals surface area (Å²) in [4.78, 5) is 11.9. The summed E-state index contributed by atoms with van der Waals surface area (Å²) in [6.45, 7) is 3.84. The Morgan fingerprint density at radius 3 is 2.71 bits per heavy atom. The van der Waals surface area contributed by atoms with Crippen LogP contribution >= 0.6 is 11.6 Å². The average Bonchev–Trinajstić information content (AvgIpc) is 2.47. The van der Waals surface area contributed by atoms with Gasteiger partial charge in [0.05, 0.1) is 16.3 Å². The van der Waals surface area contributed by atoms with Gasteiger partial charge in [-0.2, -0.15) is 0 Å². The Balaban J connectivity index is 2.57. The maximum absolute atomic E-state index is 11.9. The van der Waals surface area contributed by atoms with Crippen LogP contribution in [0.2, 0.25) is 5.02 Å². The van der Waals surface area contributed by atoms with Gasteiger partial charge in [-0.05, 0) is 37.8 Å². The Morgan fingerprint density at radius 2 is 2.14 bits per heavy atom. The number of anilines is 1. The highest BCUT2D eigenvalue weighted by Gasteiger charge is 2.24. The second kappa shape index (κ2) is 8.22. The Morgan fingerprint density at radius 1 is 1.43 bits per heavy atom. The fraction of sp³-hybridized carbons (Fsp3) is 0.533. The van der Waals surface area contributed by atoms with Gasteiger partial charge in [0, 0.05) is 13.2 Å². The van der Waals surface area contributed by atoms with E-state index in [4.69, 9.17) is 16.7 Å².